The number of fused-ring (bicyclic) bond motifs is 8. The normalized spacial score (nSPS) is 15.5. The number of aryl methyl sites for hydroxylation is 2. The van der Waals surface area contributed by atoms with Crippen molar-refractivity contribution in [3.8, 4) is 0 Å². The van der Waals surface area contributed by atoms with Crippen molar-refractivity contribution in [1.82, 2.24) is 9.38 Å². The van der Waals surface area contributed by atoms with Gasteiger partial charge in [0.05, 0.1) is 18.0 Å². The van der Waals surface area contributed by atoms with Crippen molar-refractivity contribution >= 4 is 38.5 Å². The molecule has 0 bridgehead atoms. The van der Waals surface area contributed by atoms with E-state index in [1.165, 1.54) is 69.8 Å². The Bertz CT molecular complexity index is 1390. The Balaban J connectivity index is 1.89. The second kappa shape index (κ2) is 5.78. The lowest BCUT2D eigenvalue weighted by atomic mass is 9.95. The lowest BCUT2D eigenvalue weighted by Crippen LogP contribution is -2.27. The third kappa shape index (κ3) is 2.05. The van der Waals surface area contributed by atoms with Gasteiger partial charge in [-0.2, -0.15) is 4.40 Å². The Morgan fingerprint density at radius 3 is 2.68 bits per heavy atom. The zero-order valence-corrected chi connectivity index (χ0v) is 16.4. The molecule has 138 valence electrons. The summed E-state index contributed by atoms with van der Waals surface area (Å²) < 4.78 is 4.79. The highest BCUT2D eigenvalue weighted by atomic mass is 15.1. The summed E-state index contributed by atoms with van der Waals surface area (Å²) in [7, 11) is 2.18. The zero-order valence-electron chi connectivity index (χ0n) is 16.4. The molecule has 0 aliphatic heterocycles. The molecule has 1 fully saturated rings. The quantitative estimate of drug-likeness (QED) is 0.280. The van der Waals surface area contributed by atoms with Crippen molar-refractivity contribution in [3.05, 3.63) is 65.9 Å². The van der Waals surface area contributed by atoms with Crippen LogP contribution in [0.1, 0.15) is 42.7 Å². The highest BCUT2D eigenvalue weighted by Gasteiger charge is 2.26. The average molecular weight is 366 g/mol. The first-order valence-corrected chi connectivity index (χ1v) is 10.3. The standard InChI is InChI=1S/C25H24N3/c1-16-13-14-26-24-19-12-11-18(17-7-3-4-8-17)15-22(19)28-21-10-6-5-9-20(21)27(2)25(28)23(16)24/h5-6,9-15,17H,3-4,7-8H2,1-2H3/q+1. The fourth-order valence-corrected chi connectivity index (χ4v) is 5.33. The number of nitrogens with zero attached hydrogens (tertiary/aromatic N) is 3. The summed E-state index contributed by atoms with van der Waals surface area (Å²) in [5, 5.41) is 2.50. The predicted molar refractivity (Wildman–Crippen MR) is 115 cm³/mol. The van der Waals surface area contributed by atoms with Gasteiger partial charge in [0.1, 0.15) is 5.52 Å². The molecule has 1 aliphatic rings. The molecule has 6 rings (SSSR count). The predicted octanol–water partition coefficient (Wildman–Crippen LogP) is 5.58. The van der Waals surface area contributed by atoms with Gasteiger partial charge >= 0.3 is 0 Å². The van der Waals surface area contributed by atoms with Crippen molar-refractivity contribution in [1.29, 1.82) is 0 Å². The van der Waals surface area contributed by atoms with Crippen LogP contribution in [0.4, 0.5) is 0 Å². The summed E-state index contributed by atoms with van der Waals surface area (Å²) in [6, 6.07) is 17.9. The number of rotatable bonds is 1. The summed E-state index contributed by atoms with van der Waals surface area (Å²) in [5.74, 6) is 0.705. The van der Waals surface area contributed by atoms with Gasteiger partial charge in [-0.15, -0.1) is 0 Å². The third-order valence-electron chi connectivity index (χ3n) is 6.74. The minimum Gasteiger partial charge on any atom is -0.255 e. The fraction of sp³-hybridized carbons (Fsp3) is 0.280. The van der Waals surface area contributed by atoms with Crippen molar-refractivity contribution < 1.29 is 4.57 Å². The monoisotopic (exact) mass is 366 g/mol. The number of hydrogen-bond donors (Lipinski definition) is 0. The molecule has 1 saturated carbocycles. The number of hydrogen-bond acceptors (Lipinski definition) is 1. The summed E-state index contributed by atoms with van der Waals surface area (Å²) in [5.41, 5.74) is 8.90. The number of aromatic nitrogens is 3. The Morgan fingerprint density at radius 2 is 1.82 bits per heavy atom. The maximum atomic E-state index is 4.83. The molecule has 0 N–H and O–H groups in total. The van der Waals surface area contributed by atoms with Crippen LogP contribution in [0.2, 0.25) is 0 Å². The highest BCUT2D eigenvalue weighted by Crippen LogP contribution is 2.37. The van der Waals surface area contributed by atoms with Crippen LogP contribution in [0.5, 0.6) is 0 Å². The summed E-state index contributed by atoms with van der Waals surface area (Å²) in [6.07, 6.45) is 7.30. The lowest BCUT2D eigenvalue weighted by Gasteiger charge is -2.12. The maximum Gasteiger partial charge on any atom is 0.297 e. The van der Waals surface area contributed by atoms with E-state index in [4.69, 9.17) is 4.98 Å². The molecule has 2 aromatic carbocycles. The minimum atomic E-state index is 0.705. The van der Waals surface area contributed by atoms with Crippen molar-refractivity contribution in [2.45, 2.75) is 38.5 Å². The van der Waals surface area contributed by atoms with E-state index in [0.29, 0.717) is 5.92 Å². The van der Waals surface area contributed by atoms with Crippen LogP contribution >= 0.6 is 0 Å². The molecule has 3 heteroatoms. The first kappa shape index (κ1) is 16.1. The average Bonchev–Trinajstić information content (AvgIpc) is 3.36. The Labute approximate surface area is 164 Å². The number of imidazole rings is 1. The van der Waals surface area contributed by atoms with E-state index in [1.807, 2.05) is 6.20 Å². The molecule has 3 heterocycles. The molecule has 5 aromatic rings. The summed E-state index contributed by atoms with van der Waals surface area (Å²) >= 11 is 0. The minimum absolute atomic E-state index is 0.705. The van der Waals surface area contributed by atoms with Gasteiger partial charge < -0.3 is 0 Å². The van der Waals surface area contributed by atoms with Crippen molar-refractivity contribution in [2.24, 2.45) is 7.05 Å². The molecule has 0 spiro atoms. The molecule has 1 aliphatic carbocycles. The maximum absolute atomic E-state index is 4.83. The molecular formula is C25H24N3+. The van der Waals surface area contributed by atoms with E-state index >= 15 is 0 Å². The van der Waals surface area contributed by atoms with Gasteiger partial charge in [-0.3, -0.25) is 4.98 Å². The zero-order chi connectivity index (χ0) is 18.8. The smallest absolute Gasteiger partial charge is 0.255 e. The van der Waals surface area contributed by atoms with Gasteiger partial charge in [0.15, 0.2) is 11.0 Å². The number of benzene rings is 2. The Morgan fingerprint density at radius 1 is 1.00 bits per heavy atom. The molecule has 0 atom stereocenters. The molecule has 3 nitrogen and oxygen atoms in total. The number of pyridine rings is 2. The Kier molecular flexibility index (Phi) is 3.31. The molecule has 3 aromatic heterocycles. The van der Waals surface area contributed by atoms with Crippen LogP contribution < -0.4 is 4.57 Å². The molecular weight excluding hydrogens is 342 g/mol. The van der Waals surface area contributed by atoms with Crippen LogP contribution in [0.15, 0.2) is 54.7 Å². The van der Waals surface area contributed by atoms with Crippen LogP contribution in [0.25, 0.3) is 38.5 Å². The summed E-state index contributed by atoms with van der Waals surface area (Å²) in [6.45, 7) is 2.19. The van der Waals surface area contributed by atoms with E-state index < -0.39 is 0 Å². The van der Waals surface area contributed by atoms with Gasteiger partial charge in [0, 0.05) is 11.6 Å². The Hall–Kier alpha value is -2.94. The molecule has 0 amide bonds. The first-order valence-electron chi connectivity index (χ1n) is 10.3. The first-order chi connectivity index (χ1) is 13.7. The SMILES string of the molecule is Cc1ccnc2c3ccc(C4CCCC4)cc3n3c4ccccc4[n+](C)c3c12. The van der Waals surface area contributed by atoms with E-state index in [-0.39, 0.29) is 0 Å². The van der Waals surface area contributed by atoms with E-state index in [1.54, 1.807) is 0 Å². The fourth-order valence-electron chi connectivity index (χ4n) is 5.33. The van der Waals surface area contributed by atoms with E-state index in [9.17, 15) is 0 Å². The van der Waals surface area contributed by atoms with Crippen LogP contribution in [-0.4, -0.2) is 9.38 Å². The van der Waals surface area contributed by atoms with Crippen LogP contribution in [0.3, 0.4) is 0 Å². The molecule has 0 unspecified atom stereocenters. The van der Waals surface area contributed by atoms with Gasteiger partial charge in [0.25, 0.3) is 5.65 Å². The largest absolute Gasteiger partial charge is 0.297 e. The van der Waals surface area contributed by atoms with E-state index in [2.05, 4.69) is 71.5 Å². The van der Waals surface area contributed by atoms with Crippen molar-refractivity contribution in [2.75, 3.05) is 0 Å². The van der Waals surface area contributed by atoms with Gasteiger partial charge in [-0.1, -0.05) is 31.0 Å². The van der Waals surface area contributed by atoms with Gasteiger partial charge in [-0.05, 0) is 67.1 Å². The second-order valence-electron chi connectivity index (χ2n) is 8.32. The van der Waals surface area contributed by atoms with E-state index in [0.717, 1.165) is 5.52 Å². The lowest BCUT2D eigenvalue weighted by molar-refractivity contribution is -0.617. The second-order valence-corrected chi connectivity index (χ2v) is 8.32. The topological polar surface area (TPSA) is 21.2 Å². The van der Waals surface area contributed by atoms with Crippen molar-refractivity contribution in [3.63, 3.8) is 0 Å². The third-order valence-corrected chi connectivity index (χ3v) is 6.74. The molecule has 28 heavy (non-hydrogen) atoms. The molecule has 0 radical (unpaired) electrons. The highest BCUT2D eigenvalue weighted by molar-refractivity contribution is 6.11. The van der Waals surface area contributed by atoms with Gasteiger partial charge in [-0.25, -0.2) is 4.57 Å². The summed E-state index contributed by atoms with van der Waals surface area (Å²) in [4.78, 5) is 4.83. The number of para-hydroxylation sites is 2. The molecule has 0 saturated heterocycles. The van der Waals surface area contributed by atoms with Gasteiger partial charge in [0.2, 0.25) is 0 Å². The van der Waals surface area contributed by atoms with Crippen LogP contribution in [0, 0.1) is 6.92 Å². The van der Waals surface area contributed by atoms with Crippen LogP contribution in [-0.2, 0) is 7.05 Å².